The number of unbranched alkanes of at least 4 members (excludes halogenated alkanes) is 1. The van der Waals surface area contributed by atoms with Crippen molar-refractivity contribution < 1.29 is 9.59 Å². The van der Waals surface area contributed by atoms with E-state index in [2.05, 4.69) is 24.1 Å². The normalized spacial score (nSPS) is 13.4. The van der Waals surface area contributed by atoms with E-state index in [1.165, 1.54) is 0 Å². The molecule has 5 heteroatoms. The van der Waals surface area contributed by atoms with Crippen LogP contribution in [0.5, 0.6) is 0 Å². The summed E-state index contributed by atoms with van der Waals surface area (Å²) in [6.07, 6.45) is 4.44. The van der Waals surface area contributed by atoms with Gasteiger partial charge in [-0.15, -0.1) is 0 Å². The third-order valence-corrected chi connectivity index (χ3v) is 5.86. The highest BCUT2D eigenvalue weighted by atomic mass is 16.2. The summed E-state index contributed by atoms with van der Waals surface area (Å²) < 4.78 is 0. The lowest BCUT2D eigenvalue weighted by Gasteiger charge is -2.23. The van der Waals surface area contributed by atoms with E-state index in [1.54, 1.807) is 0 Å². The van der Waals surface area contributed by atoms with Crippen LogP contribution >= 0.6 is 0 Å². The molecule has 5 nitrogen and oxygen atoms in total. The minimum Gasteiger partial charge on any atom is -0.372 e. The van der Waals surface area contributed by atoms with Gasteiger partial charge in [0.25, 0.3) is 11.8 Å². The fraction of sp³-hybridized carbons (Fsp3) is 0.440. The molecule has 0 saturated carbocycles. The number of amides is 2. The van der Waals surface area contributed by atoms with Gasteiger partial charge in [0, 0.05) is 48.7 Å². The van der Waals surface area contributed by atoms with Crippen molar-refractivity contribution in [3.05, 3.63) is 59.2 Å². The highest BCUT2D eigenvalue weighted by Crippen LogP contribution is 2.23. The summed E-state index contributed by atoms with van der Waals surface area (Å²) in [5.41, 5.74) is 3.92. The standard InChI is InChI=1S/C25H33N3O2/c1-4-6-16-27(5-2)21-14-12-20(13-15-21)24(29)26-23-11-9-10-22(19(23)3)25(30)28-17-7-8-18-28/h9-15H,4-8,16-18H2,1-3H3,(H,26,29). The van der Waals surface area contributed by atoms with E-state index >= 15 is 0 Å². The van der Waals surface area contributed by atoms with Crippen LogP contribution in [0.2, 0.25) is 0 Å². The zero-order chi connectivity index (χ0) is 21.5. The second kappa shape index (κ2) is 10.3. The summed E-state index contributed by atoms with van der Waals surface area (Å²) in [6.45, 7) is 9.84. The summed E-state index contributed by atoms with van der Waals surface area (Å²) in [5.74, 6) is -0.107. The minimum absolute atomic E-state index is 0.0530. The maximum absolute atomic E-state index is 12.8. The molecule has 0 bridgehead atoms. The lowest BCUT2D eigenvalue weighted by Crippen LogP contribution is -2.28. The van der Waals surface area contributed by atoms with E-state index in [0.29, 0.717) is 16.8 Å². The highest BCUT2D eigenvalue weighted by Gasteiger charge is 2.22. The van der Waals surface area contributed by atoms with E-state index in [4.69, 9.17) is 0 Å². The molecular weight excluding hydrogens is 374 g/mol. The third-order valence-electron chi connectivity index (χ3n) is 5.86. The largest absolute Gasteiger partial charge is 0.372 e. The molecule has 2 amide bonds. The van der Waals surface area contributed by atoms with Crippen LogP contribution in [0.1, 0.15) is 65.8 Å². The molecule has 160 valence electrons. The first-order valence-electron chi connectivity index (χ1n) is 11.1. The number of hydrogen-bond acceptors (Lipinski definition) is 3. The van der Waals surface area contributed by atoms with Crippen molar-refractivity contribution >= 4 is 23.2 Å². The van der Waals surface area contributed by atoms with Gasteiger partial charge in [-0.3, -0.25) is 9.59 Å². The predicted octanol–water partition coefficient (Wildman–Crippen LogP) is 5.11. The molecule has 2 aromatic rings. The van der Waals surface area contributed by atoms with Crippen molar-refractivity contribution in [2.45, 2.75) is 46.5 Å². The average molecular weight is 408 g/mol. The second-order valence-corrected chi connectivity index (χ2v) is 7.91. The number of hydrogen-bond donors (Lipinski definition) is 1. The Bertz CT molecular complexity index is 870. The zero-order valence-corrected chi connectivity index (χ0v) is 18.4. The monoisotopic (exact) mass is 407 g/mol. The van der Waals surface area contributed by atoms with E-state index in [1.807, 2.05) is 54.3 Å². The molecule has 3 rings (SSSR count). The molecule has 30 heavy (non-hydrogen) atoms. The molecule has 1 aliphatic rings. The number of rotatable bonds is 8. The summed E-state index contributed by atoms with van der Waals surface area (Å²) in [5, 5.41) is 2.99. The van der Waals surface area contributed by atoms with Gasteiger partial charge in [0.15, 0.2) is 0 Å². The Kier molecular flexibility index (Phi) is 7.50. The predicted molar refractivity (Wildman–Crippen MR) is 124 cm³/mol. The molecule has 1 N–H and O–H groups in total. The minimum atomic E-state index is -0.160. The van der Waals surface area contributed by atoms with Crippen LogP contribution in [0.15, 0.2) is 42.5 Å². The summed E-state index contributed by atoms with van der Waals surface area (Å²) in [4.78, 5) is 29.8. The van der Waals surface area contributed by atoms with Crippen LogP contribution in [0.3, 0.4) is 0 Å². The van der Waals surface area contributed by atoms with Crippen LogP contribution < -0.4 is 10.2 Å². The highest BCUT2D eigenvalue weighted by molar-refractivity contribution is 6.06. The number of nitrogens with zero attached hydrogens (tertiary/aromatic N) is 2. The molecule has 0 unspecified atom stereocenters. The van der Waals surface area contributed by atoms with E-state index < -0.39 is 0 Å². The first-order chi connectivity index (χ1) is 14.5. The molecule has 1 aliphatic heterocycles. The molecule has 0 spiro atoms. The Morgan fingerprint density at radius 1 is 1.03 bits per heavy atom. The Morgan fingerprint density at radius 3 is 2.37 bits per heavy atom. The van der Waals surface area contributed by atoms with Crippen molar-refractivity contribution in [3.63, 3.8) is 0 Å². The van der Waals surface area contributed by atoms with Gasteiger partial charge < -0.3 is 15.1 Å². The lowest BCUT2D eigenvalue weighted by molar-refractivity contribution is 0.0791. The van der Waals surface area contributed by atoms with Gasteiger partial charge >= 0.3 is 0 Å². The summed E-state index contributed by atoms with van der Waals surface area (Å²) >= 11 is 0. The van der Waals surface area contributed by atoms with Crippen LogP contribution in [-0.2, 0) is 0 Å². The number of likely N-dealkylation sites (tertiary alicyclic amines) is 1. The van der Waals surface area contributed by atoms with Crippen molar-refractivity contribution in [3.8, 4) is 0 Å². The zero-order valence-electron chi connectivity index (χ0n) is 18.4. The first-order valence-corrected chi connectivity index (χ1v) is 11.1. The van der Waals surface area contributed by atoms with Crippen LogP contribution in [0, 0.1) is 6.92 Å². The van der Waals surface area contributed by atoms with E-state index in [-0.39, 0.29) is 11.8 Å². The number of nitrogens with one attached hydrogen (secondary N) is 1. The number of carbonyl (C=O) groups excluding carboxylic acids is 2. The van der Waals surface area contributed by atoms with Gasteiger partial charge in [0.2, 0.25) is 0 Å². The van der Waals surface area contributed by atoms with Gasteiger partial charge in [0.1, 0.15) is 0 Å². The van der Waals surface area contributed by atoms with Gasteiger partial charge in [-0.25, -0.2) is 0 Å². The van der Waals surface area contributed by atoms with Crippen molar-refractivity contribution in [1.29, 1.82) is 0 Å². The quantitative estimate of drug-likeness (QED) is 0.662. The Labute approximate surface area is 180 Å². The van der Waals surface area contributed by atoms with Crippen LogP contribution in [0.25, 0.3) is 0 Å². The van der Waals surface area contributed by atoms with Crippen molar-refractivity contribution in [2.24, 2.45) is 0 Å². The molecule has 0 aromatic heterocycles. The Hall–Kier alpha value is -2.82. The topological polar surface area (TPSA) is 52.7 Å². The molecular formula is C25H33N3O2. The SMILES string of the molecule is CCCCN(CC)c1ccc(C(=O)Nc2cccc(C(=O)N3CCCC3)c2C)cc1. The number of anilines is 2. The number of benzene rings is 2. The fourth-order valence-corrected chi connectivity index (χ4v) is 3.93. The molecule has 2 aromatic carbocycles. The molecule has 1 fully saturated rings. The Morgan fingerprint density at radius 2 is 1.73 bits per heavy atom. The first kappa shape index (κ1) is 21.9. The maximum atomic E-state index is 12.8. The Balaban J connectivity index is 1.71. The van der Waals surface area contributed by atoms with Gasteiger partial charge in [-0.1, -0.05) is 19.4 Å². The van der Waals surface area contributed by atoms with Crippen LogP contribution in [0.4, 0.5) is 11.4 Å². The van der Waals surface area contributed by atoms with Crippen molar-refractivity contribution in [1.82, 2.24) is 4.90 Å². The fourth-order valence-electron chi connectivity index (χ4n) is 3.93. The maximum Gasteiger partial charge on any atom is 0.255 e. The van der Waals surface area contributed by atoms with Gasteiger partial charge in [-0.05, 0) is 75.1 Å². The third kappa shape index (κ3) is 5.02. The summed E-state index contributed by atoms with van der Waals surface area (Å²) in [6, 6.07) is 13.3. The second-order valence-electron chi connectivity index (χ2n) is 7.91. The molecule has 0 aliphatic carbocycles. The molecule has 0 radical (unpaired) electrons. The molecule has 1 saturated heterocycles. The summed E-state index contributed by atoms with van der Waals surface area (Å²) in [7, 11) is 0. The van der Waals surface area contributed by atoms with E-state index in [0.717, 1.165) is 63.1 Å². The smallest absolute Gasteiger partial charge is 0.255 e. The van der Waals surface area contributed by atoms with Gasteiger partial charge in [-0.2, -0.15) is 0 Å². The van der Waals surface area contributed by atoms with E-state index in [9.17, 15) is 9.59 Å². The van der Waals surface area contributed by atoms with Gasteiger partial charge in [0.05, 0.1) is 0 Å². The molecule has 0 atom stereocenters. The molecule has 1 heterocycles. The number of carbonyl (C=O) groups is 2. The van der Waals surface area contributed by atoms with Crippen molar-refractivity contribution in [2.75, 3.05) is 36.4 Å². The van der Waals surface area contributed by atoms with Crippen LogP contribution in [-0.4, -0.2) is 42.9 Å². The average Bonchev–Trinajstić information content (AvgIpc) is 3.30. The lowest BCUT2D eigenvalue weighted by atomic mass is 10.0.